The van der Waals surface area contributed by atoms with E-state index in [1.165, 1.54) is 4.90 Å². The number of carboxylic acid groups (broad SMARTS) is 1. The first-order valence-electron chi connectivity index (χ1n) is 5.85. The van der Waals surface area contributed by atoms with Gasteiger partial charge in [0.05, 0.1) is 5.41 Å². The van der Waals surface area contributed by atoms with Crippen LogP contribution < -0.4 is 0 Å². The van der Waals surface area contributed by atoms with Gasteiger partial charge in [0.1, 0.15) is 0 Å². The maximum absolute atomic E-state index is 12.1. The second kappa shape index (κ2) is 4.85. The summed E-state index contributed by atoms with van der Waals surface area (Å²) in [5, 5.41) is 8.52. The molecule has 1 fully saturated rings. The van der Waals surface area contributed by atoms with E-state index in [-0.39, 0.29) is 37.1 Å². The molecule has 0 bridgehead atoms. The SMILES string of the molecule is CC(C)C1(C)CC(=O)N(CCCC(=O)O)C1=O. The lowest BCUT2D eigenvalue weighted by molar-refractivity contribution is -0.143. The van der Waals surface area contributed by atoms with Crippen molar-refractivity contribution in [3.63, 3.8) is 0 Å². The number of likely N-dealkylation sites (tertiary alicyclic amines) is 1. The van der Waals surface area contributed by atoms with E-state index < -0.39 is 11.4 Å². The van der Waals surface area contributed by atoms with Crippen LogP contribution in [0, 0.1) is 11.3 Å². The van der Waals surface area contributed by atoms with Gasteiger partial charge in [0.25, 0.3) is 0 Å². The topological polar surface area (TPSA) is 74.7 Å². The predicted molar refractivity (Wildman–Crippen MR) is 61.2 cm³/mol. The third-order valence-corrected chi connectivity index (χ3v) is 3.60. The smallest absolute Gasteiger partial charge is 0.303 e. The van der Waals surface area contributed by atoms with Gasteiger partial charge in [0.15, 0.2) is 0 Å². The van der Waals surface area contributed by atoms with E-state index >= 15 is 0 Å². The van der Waals surface area contributed by atoms with E-state index in [0.29, 0.717) is 6.42 Å². The van der Waals surface area contributed by atoms with Crippen LogP contribution in [-0.2, 0) is 14.4 Å². The first-order chi connectivity index (χ1) is 7.79. The molecule has 96 valence electrons. The fraction of sp³-hybridized carbons (Fsp3) is 0.750. The van der Waals surface area contributed by atoms with Gasteiger partial charge in [-0.25, -0.2) is 0 Å². The maximum atomic E-state index is 12.1. The minimum atomic E-state index is -0.907. The monoisotopic (exact) mass is 241 g/mol. The summed E-state index contributed by atoms with van der Waals surface area (Å²) in [6.07, 6.45) is 0.535. The molecule has 1 saturated heterocycles. The number of rotatable bonds is 5. The van der Waals surface area contributed by atoms with Crippen LogP contribution in [0.1, 0.15) is 40.0 Å². The molecule has 1 N–H and O–H groups in total. The molecule has 0 aromatic carbocycles. The summed E-state index contributed by atoms with van der Waals surface area (Å²) in [4.78, 5) is 35.4. The van der Waals surface area contributed by atoms with E-state index in [0.717, 1.165) is 0 Å². The first kappa shape index (κ1) is 13.7. The van der Waals surface area contributed by atoms with E-state index in [2.05, 4.69) is 0 Å². The first-order valence-corrected chi connectivity index (χ1v) is 5.85. The van der Waals surface area contributed by atoms with E-state index in [1.54, 1.807) is 6.92 Å². The van der Waals surface area contributed by atoms with Crippen LogP contribution in [0.3, 0.4) is 0 Å². The number of hydrogen-bond acceptors (Lipinski definition) is 3. The molecular weight excluding hydrogens is 222 g/mol. The van der Waals surface area contributed by atoms with Crippen molar-refractivity contribution in [2.45, 2.75) is 40.0 Å². The van der Waals surface area contributed by atoms with Crippen molar-refractivity contribution in [1.29, 1.82) is 0 Å². The van der Waals surface area contributed by atoms with Gasteiger partial charge in [0, 0.05) is 19.4 Å². The normalized spacial score (nSPS) is 24.8. The lowest BCUT2D eigenvalue weighted by atomic mass is 9.78. The van der Waals surface area contributed by atoms with Gasteiger partial charge in [-0.2, -0.15) is 0 Å². The molecule has 1 aliphatic heterocycles. The molecule has 1 rings (SSSR count). The van der Waals surface area contributed by atoms with Crippen molar-refractivity contribution in [3.05, 3.63) is 0 Å². The summed E-state index contributed by atoms with van der Waals surface area (Å²) >= 11 is 0. The number of amides is 2. The second-order valence-electron chi connectivity index (χ2n) is 5.10. The van der Waals surface area contributed by atoms with Crippen molar-refractivity contribution in [1.82, 2.24) is 4.90 Å². The summed E-state index contributed by atoms with van der Waals surface area (Å²) in [5.74, 6) is -1.15. The molecule has 1 aliphatic rings. The fourth-order valence-electron chi connectivity index (χ4n) is 1.97. The molecule has 0 spiro atoms. The molecule has 0 saturated carbocycles. The molecule has 17 heavy (non-hydrogen) atoms. The molecule has 5 heteroatoms. The second-order valence-corrected chi connectivity index (χ2v) is 5.10. The van der Waals surface area contributed by atoms with E-state index in [4.69, 9.17) is 5.11 Å². The third-order valence-electron chi connectivity index (χ3n) is 3.60. The summed E-state index contributed by atoms with van der Waals surface area (Å²) < 4.78 is 0. The minimum absolute atomic E-state index is 0.0184. The van der Waals surface area contributed by atoms with Crippen LogP contribution in [0.4, 0.5) is 0 Å². The number of nitrogens with zero attached hydrogens (tertiary/aromatic N) is 1. The average Bonchev–Trinajstić information content (AvgIpc) is 2.42. The molecule has 2 amide bonds. The summed E-state index contributed by atoms with van der Waals surface area (Å²) in [6.45, 7) is 5.86. The largest absolute Gasteiger partial charge is 0.481 e. The molecule has 1 unspecified atom stereocenters. The van der Waals surface area contributed by atoms with Crippen molar-refractivity contribution in [2.75, 3.05) is 6.54 Å². The number of aliphatic carboxylic acids is 1. The van der Waals surface area contributed by atoms with Crippen LogP contribution in [0.5, 0.6) is 0 Å². The zero-order chi connectivity index (χ0) is 13.2. The number of carbonyl (C=O) groups excluding carboxylic acids is 2. The highest BCUT2D eigenvalue weighted by molar-refractivity contribution is 6.05. The zero-order valence-corrected chi connectivity index (χ0v) is 10.5. The van der Waals surface area contributed by atoms with Crippen molar-refractivity contribution < 1.29 is 19.5 Å². The fourth-order valence-corrected chi connectivity index (χ4v) is 1.97. The van der Waals surface area contributed by atoms with Crippen LogP contribution in [0.25, 0.3) is 0 Å². The van der Waals surface area contributed by atoms with E-state index in [1.807, 2.05) is 13.8 Å². The Bertz CT molecular complexity index is 350. The zero-order valence-electron chi connectivity index (χ0n) is 10.5. The molecular formula is C12H19NO4. The highest BCUT2D eigenvalue weighted by Gasteiger charge is 2.49. The Morgan fingerprint density at radius 1 is 1.47 bits per heavy atom. The van der Waals surface area contributed by atoms with Crippen molar-refractivity contribution in [2.24, 2.45) is 11.3 Å². The van der Waals surface area contributed by atoms with Crippen molar-refractivity contribution >= 4 is 17.8 Å². The molecule has 1 atom stereocenters. The third kappa shape index (κ3) is 2.65. The summed E-state index contributed by atoms with van der Waals surface area (Å²) in [6, 6.07) is 0. The van der Waals surface area contributed by atoms with Gasteiger partial charge in [-0.1, -0.05) is 13.8 Å². The van der Waals surface area contributed by atoms with Gasteiger partial charge < -0.3 is 5.11 Å². The van der Waals surface area contributed by atoms with Crippen LogP contribution in [-0.4, -0.2) is 34.3 Å². The predicted octanol–water partition coefficient (Wildman–Crippen LogP) is 1.27. The lowest BCUT2D eigenvalue weighted by Gasteiger charge is -2.25. The Morgan fingerprint density at radius 2 is 2.06 bits per heavy atom. The lowest BCUT2D eigenvalue weighted by Crippen LogP contribution is -2.37. The highest BCUT2D eigenvalue weighted by Crippen LogP contribution is 2.39. The molecule has 0 aromatic rings. The van der Waals surface area contributed by atoms with E-state index in [9.17, 15) is 14.4 Å². The Balaban J connectivity index is 2.66. The number of carbonyl (C=O) groups is 3. The van der Waals surface area contributed by atoms with Gasteiger partial charge in [-0.3, -0.25) is 19.3 Å². The van der Waals surface area contributed by atoms with Gasteiger partial charge in [-0.05, 0) is 19.3 Å². The maximum Gasteiger partial charge on any atom is 0.303 e. The highest BCUT2D eigenvalue weighted by atomic mass is 16.4. The Hall–Kier alpha value is -1.39. The quantitative estimate of drug-likeness (QED) is 0.735. The summed E-state index contributed by atoms with van der Waals surface area (Å²) in [5.41, 5.74) is -0.625. The summed E-state index contributed by atoms with van der Waals surface area (Å²) in [7, 11) is 0. The van der Waals surface area contributed by atoms with Gasteiger partial charge in [0.2, 0.25) is 11.8 Å². The van der Waals surface area contributed by atoms with Crippen LogP contribution in [0.15, 0.2) is 0 Å². The minimum Gasteiger partial charge on any atom is -0.481 e. The molecule has 5 nitrogen and oxygen atoms in total. The Labute approximate surface area is 101 Å². The van der Waals surface area contributed by atoms with Gasteiger partial charge in [-0.15, -0.1) is 0 Å². The van der Waals surface area contributed by atoms with Crippen molar-refractivity contribution in [3.8, 4) is 0 Å². The average molecular weight is 241 g/mol. The number of carboxylic acids is 1. The molecule has 0 radical (unpaired) electrons. The van der Waals surface area contributed by atoms with Gasteiger partial charge >= 0.3 is 5.97 Å². The number of hydrogen-bond donors (Lipinski definition) is 1. The Kier molecular flexibility index (Phi) is 3.91. The molecule has 0 aliphatic carbocycles. The standard InChI is InChI=1S/C12H19NO4/c1-8(2)12(3)7-9(14)13(11(12)17)6-4-5-10(15)16/h8H,4-7H2,1-3H3,(H,15,16). The van der Waals surface area contributed by atoms with Crippen LogP contribution in [0.2, 0.25) is 0 Å². The Morgan fingerprint density at radius 3 is 2.47 bits per heavy atom. The molecule has 0 aromatic heterocycles. The van der Waals surface area contributed by atoms with Crippen LogP contribution >= 0.6 is 0 Å². The molecule has 1 heterocycles. The number of imide groups is 1.